The number of amides is 1. The summed E-state index contributed by atoms with van der Waals surface area (Å²) in [6.45, 7) is 0.0759. The van der Waals surface area contributed by atoms with Gasteiger partial charge in [0.15, 0.2) is 11.6 Å². The molecule has 19 heavy (non-hydrogen) atoms. The first-order valence-electron chi connectivity index (χ1n) is 5.51. The van der Waals surface area contributed by atoms with Crippen LogP contribution in [0.25, 0.3) is 0 Å². The summed E-state index contributed by atoms with van der Waals surface area (Å²) < 4.78 is 25.7. The van der Waals surface area contributed by atoms with Crippen molar-refractivity contribution < 1.29 is 13.6 Å². The zero-order valence-corrected chi connectivity index (χ0v) is 9.86. The van der Waals surface area contributed by atoms with Gasteiger partial charge in [-0.25, -0.2) is 13.8 Å². The number of pyridine rings is 1. The molecule has 2 aromatic rings. The molecule has 0 saturated heterocycles. The second-order valence-electron chi connectivity index (χ2n) is 3.88. The van der Waals surface area contributed by atoms with Crippen LogP contribution in [-0.4, -0.2) is 10.9 Å². The molecule has 0 saturated carbocycles. The third-order valence-corrected chi connectivity index (χ3v) is 2.44. The van der Waals surface area contributed by atoms with Crippen molar-refractivity contribution in [2.75, 3.05) is 5.73 Å². The van der Waals surface area contributed by atoms with Crippen molar-refractivity contribution in [3.05, 3.63) is 59.3 Å². The summed E-state index contributed by atoms with van der Waals surface area (Å²) in [7, 11) is 0. The van der Waals surface area contributed by atoms with Gasteiger partial charge in [-0.3, -0.25) is 4.79 Å². The molecule has 98 valence electrons. The lowest BCUT2D eigenvalue weighted by atomic mass is 10.2. The first-order valence-corrected chi connectivity index (χ1v) is 5.51. The third-order valence-electron chi connectivity index (χ3n) is 2.44. The summed E-state index contributed by atoms with van der Waals surface area (Å²) in [4.78, 5) is 15.6. The van der Waals surface area contributed by atoms with E-state index in [2.05, 4.69) is 10.3 Å². The molecule has 1 amide bonds. The number of nitrogens with two attached hydrogens (primary N) is 1. The van der Waals surface area contributed by atoms with Crippen molar-refractivity contribution in [3.8, 4) is 0 Å². The van der Waals surface area contributed by atoms with Crippen molar-refractivity contribution in [1.82, 2.24) is 10.3 Å². The number of nitrogens with zero attached hydrogens (tertiary/aromatic N) is 1. The number of carbonyl (C=O) groups excluding carboxylic acids is 1. The van der Waals surface area contributed by atoms with Crippen molar-refractivity contribution in [3.63, 3.8) is 0 Å². The lowest BCUT2D eigenvalue weighted by Crippen LogP contribution is -2.24. The van der Waals surface area contributed by atoms with Crippen LogP contribution in [0.5, 0.6) is 0 Å². The van der Waals surface area contributed by atoms with Gasteiger partial charge in [-0.15, -0.1) is 0 Å². The highest BCUT2D eigenvalue weighted by Crippen LogP contribution is 2.08. The highest BCUT2D eigenvalue weighted by atomic mass is 19.2. The second-order valence-corrected chi connectivity index (χ2v) is 3.88. The Balaban J connectivity index is 2.02. The van der Waals surface area contributed by atoms with Crippen LogP contribution in [0.3, 0.4) is 0 Å². The number of nitrogens with one attached hydrogen (secondary N) is 1. The van der Waals surface area contributed by atoms with Gasteiger partial charge in [-0.05, 0) is 29.8 Å². The van der Waals surface area contributed by atoms with Gasteiger partial charge in [0.2, 0.25) is 0 Å². The molecule has 1 heterocycles. The molecule has 0 spiro atoms. The molecular formula is C13H11F2N3O. The number of halogens is 2. The van der Waals surface area contributed by atoms with Crippen LogP contribution in [0.15, 0.2) is 36.4 Å². The summed E-state index contributed by atoms with van der Waals surface area (Å²) in [6, 6.07) is 8.11. The average Bonchev–Trinajstić information content (AvgIpc) is 2.40. The molecule has 6 heteroatoms. The SMILES string of the molecule is Nc1cccc(C(=O)NCc2ccc(F)c(F)c2)n1. The van der Waals surface area contributed by atoms with Crippen LogP contribution in [0.2, 0.25) is 0 Å². The van der Waals surface area contributed by atoms with Gasteiger partial charge in [-0.1, -0.05) is 12.1 Å². The van der Waals surface area contributed by atoms with Crippen molar-refractivity contribution in [1.29, 1.82) is 0 Å². The van der Waals surface area contributed by atoms with Crippen LogP contribution in [0.1, 0.15) is 16.1 Å². The van der Waals surface area contributed by atoms with E-state index < -0.39 is 17.5 Å². The number of benzene rings is 1. The molecule has 0 bridgehead atoms. The number of anilines is 1. The number of rotatable bonds is 3. The molecule has 0 radical (unpaired) electrons. The van der Waals surface area contributed by atoms with E-state index in [-0.39, 0.29) is 18.1 Å². The van der Waals surface area contributed by atoms with Gasteiger partial charge >= 0.3 is 0 Å². The molecule has 3 N–H and O–H groups in total. The molecular weight excluding hydrogens is 252 g/mol. The highest BCUT2D eigenvalue weighted by Gasteiger charge is 2.08. The maximum atomic E-state index is 13.0. The minimum Gasteiger partial charge on any atom is -0.384 e. The molecule has 2 rings (SSSR count). The lowest BCUT2D eigenvalue weighted by molar-refractivity contribution is 0.0946. The van der Waals surface area contributed by atoms with Gasteiger partial charge in [-0.2, -0.15) is 0 Å². The fourth-order valence-electron chi connectivity index (χ4n) is 1.50. The maximum Gasteiger partial charge on any atom is 0.270 e. The van der Waals surface area contributed by atoms with Crippen LogP contribution in [0.4, 0.5) is 14.6 Å². The standard InChI is InChI=1S/C13H11F2N3O/c14-9-5-4-8(6-10(9)15)7-17-13(19)11-2-1-3-12(16)18-11/h1-6H,7H2,(H2,16,18)(H,17,19). The Labute approximate surface area is 108 Å². The number of carbonyl (C=O) groups is 1. The second kappa shape index (κ2) is 5.43. The van der Waals surface area contributed by atoms with Gasteiger partial charge in [0.25, 0.3) is 5.91 Å². The van der Waals surface area contributed by atoms with Gasteiger partial charge in [0.1, 0.15) is 11.5 Å². The largest absolute Gasteiger partial charge is 0.384 e. The first-order chi connectivity index (χ1) is 9.06. The quantitative estimate of drug-likeness (QED) is 0.888. The number of hydrogen-bond donors (Lipinski definition) is 2. The zero-order chi connectivity index (χ0) is 13.8. The topological polar surface area (TPSA) is 68.0 Å². The lowest BCUT2D eigenvalue weighted by Gasteiger charge is -2.05. The van der Waals surface area contributed by atoms with Crippen LogP contribution < -0.4 is 11.1 Å². The Hall–Kier alpha value is -2.50. The predicted molar refractivity (Wildman–Crippen MR) is 66.2 cm³/mol. The molecule has 0 aliphatic carbocycles. The summed E-state index contributed by atoms with van der Waals surface area (Å²) in [5.41, 5.74) is 6.08. The van der Waals surface area contributed by atoms with E-state index in [0.29, 0.717) is 5.56 Å². The van der Waals surface area contributed by atoms with Crippen molar-refractivity contribution in [2.45, 2.75) is 6.54 Å². The monoisotopic (exact) mass is 263 g/mol. The Morgan fingerprint density at radius 3 is 2.68 bits per heavy atom. The minimum atomic E-state index is -0.950. The normalized spacial score (nSPS) is 10.2. The number of nitrogen functional groups attached to an aromatic ring is 1. The smallest absolute Gasteiger partial charge is 0.270 e. The molecule has 0 aliphatic heterocycles. The highest BCUT2D eigenvalue weighted by molar-refractivity contribution is 5.92. The zero-order valence-electron chi connectivity index (χ0n) is 9.86. The maximum absolute atomic E-state index is 13.0. The van der Waals surface area contributed by atoms with Crippen LogP contribution in [0, 0.1) is 11.6 Å². The molecule has 1 aromatic carbocycles. The van der Waals surface area contributed by atoms with E-state index in [0.717, 1.165) is 12.1 Å². The van der Waals surface area contributed by atoms with E-state index in [1.165, 1.54) is 12.1 Å². The Morgan fingerprint density at radius 1 is 1.21 bits per heavy atom. The Morgan fingerprint density at radius 2 is 2.00 bits per heavy atom. The fourth-order valence-corrected chi connectivity index (χ4v) is 1.50. The summed E-state index contributed by atoms with van der Waals surface area (Å²) in [5, 5.41) is 2.54. The molecule has 0 unspecified atom stereocenters. The minimum absolute atomic E-state index is 0.0759. The predicted octanol–water partition coefficient (Wildman–Crippen LogP) is 1.87. The van der Waals surface area contributed by atoms with Gasteiger partial charge in [0, 0.05) is 6.54 Å². The summed E-state index contributed by atoms with van der Waals surface area (Å²) >= 11 is 0. The third kappa shape index (κ3) is 3.25. The molecule has 0 atom stereocenters. The van der Waals surface area contributed by atoms with E-state index >= 15 is 0 Å². The molecule has 4 nitrogen and oxygen atoms in total. The molecule has 0 aliphatic rings. The Bertz CT molecular complexity index is 617. The fraction of sp³-hybridized carbons (Fsp3) is 0.0769. The van der Waals surface area contributed by atoms with Crippen molar-refractivity contribution >= 4 is 11.7 Å². The average molecular weight is 263 g/mol. The van der Waals surface area contributed by atoms with E-state index in [1.54, 1.807) is 12.1 Å². The van der Waals surface area contributed by atoms with Gasteiger partial charge < -0.3 is 11.1 Å². The molecule has 0 fully saturated rings. The summed E-state index contributed by atoms with van der Waals surface area (Å²) in [6.07, 6.45) is 0. The van der Waals surface area contributed by atoms with E-state index in [9.17, 15) is 13.6 Å². The van der Waals surface area contributed by atoms with E-state index in [4.69, 9.17) is 5.73 Å². The Kier molecular flexibility index (Phi) is 3.70. The summed E-state index contributed by atoms with van der Waals surface area (Å²) in [5.74, 6) is -2.07. The van der Waals surface area contributed by atoms with Crippen molar-refractivity contribution in [2.24, 2.45) is 0 Å². The number of hydrogen-bond acceptors (Lipinski definition) is 3. The van der Waals surface area contributed by atoms with Gasteiger partial charge in [0.05, 0.1) is 0 Å². The molecule has 1 aromatic heterocycles. The van der Waals surface area contributed by atoms with Crippen LogP contribution in [-0.2, 0) is 6.54 Å². The van der Waals surface area contributed by atoms with E-state index in [1.807, 2.05) is 0 Å². The number of aromatic nitrogens is 1. The van der Waals surface area contributed by atoms with Crippen LogP contribution >= 0.6 is 0 Å². The first kappa shape index (κ1) is 12.9.